The Morgan fingerprint density at radius 1 is 0.920 bits per heavy atom. The Bertz CT molecular complexity index is 777. The van der Waals surface area contributed by atoms with Gasteiger partial charge in [0.1, 0.15) is 0 Å². The maximum absolute atomic E-state index is 4.64. The number of H-pyrrole nitrogens is 1. The first-order valence-electron chi connectivity index (χ1n) is 8.76. The van der Waals surface area contributed by atoms with Crippen LogP contribution in [0.4, 0.5) is 0 Å². The monoisotopic (exact) mass is 355 g/mol. The molecule has 3 rings (SSSR count). The highest BCUT2D eigenvalue weighted by Crippen LogP contribution is 2.22. The SMILES string of the molecule is CC(C)c1cc(CC(C)c2cnc(CC(C)c3cscn3)cn2)[nH]n1. The summed E-state index contributed by atoms with van der Waals surface area (Å²) in [4.78, 5) is 13.6. The highest BCUT2D eigenvalue weighted by Gasteiger charge is 2.14. The number of hydrogen-bond acceptors (Lipinski definition) is 5. The van der Waals surface area contributed by atoms with E-state index in [9.17, 15) is 0 Å². The minimum Gasteiger partial charge on any atom is -0.282 e. The summed E-state index contributed by atoms with van der Waals surface area (Å²) in [5, 5.41) is 9.61. The van der Waals surface area contributed by atoms with E-state index in [1.54, 1.807) is 11.3 Å². The molecule has 3 aromatic rings. The van der Waals surface area contributed by atoms with Crippen LogP contribution in [-0.2, 0) is 12.8 Å². The van der Waals surface area contributed by atoms with Gasteiger partial charge in [0.15, 0.2) is 0 Å². The second kappa shape index (κ2) is 7.87. The first-order chi connectivity index (χ1) is 12.0. The second-order valence-corrected chi connectivity index (χ2v) is 7.75. The third kappa shape index (κ3) is 4.51. The Labute approximate surface area is 153 Å². The highest BCUT2D eigenvalue weighted by atomic mass is 32.1. The van der Waals surface area contributed by atoms with Crippen LogP contribution in [-0.4, -0.2) is 25.1 Å². The normalized spacial score (nSPS) is 14.0. The van der Waals surface area contributed by atoms with E-state index >= 15 is 0 Å². The maximum Gasteiger partial charge on any atom is 0.0794 e. The summed E-state index contributed by atoms with van der Waals surface area (Å²) in [6.45, 7) is 8.66. The van der Waals surface area contributed by atoms with Crippen LogP contribution in [0.2, 0.25) is 0 Å². The quantitative estimate of drug-likeness (QED) is 0.679. The van der Waals surface area contributed by atoms with Crippen molar-refractivity contribution in [2.75, 3.05) is 0 Å². The summed E-state index contributed by atoms with van der Waals surface area (Å²) < 4.78 is 0. The number of hydrogen-bond donors (Lipinski definition) is 1. The van der Waals surface area contributed by atoms with Crippen molar-refractivity contribution >= 4 is 11.3 Å². The van der Waals surface area contributed by atoms with Crippen molar-refractivity contribution in [2.24, 2.45) is 0 Å². The van der Waals surface area contributed by atoms with Gasteiger partial charge in [-0.2, -0.15) is 5.10 Å². The molecule has 3 aromatic heterocycles. The largest absolute Gasteiger partial charge is 0.282 e. The molecular formula is C19H25N5S. The molecule has 6 heteroatoms. The Morgan fingerprint density at radius 3 is 2.32 bits per heavy atom. The molecular weight excluding hydrogens is 330 g/mol. The summed E-state index contributed by atoms with van der Waals surface area (Å²) in [7, 11) is 0. The maximum atomic E-state index is 4.64. The lowest BCUT2D eigenvalue weighted by atomic mass is 10.0. The summed E-state index contributed by atoms with van der Waals surface area (Å²) in [6, 6.07) is 2.15. The number of aromatic nitrogens is 5. The van der Waals surface area contributed by atoms with Crippen LogP contribution in [0.1, 0.15) is 73.9 Å². The Hall–Kier alpha value is -2.08. The van der Waals surface area contributed by atoms with Crippen molar-refractivity contribution in [3.63, 3.8) is 0 Å². The van der Waals surface area contributed by atoms with Gasteiger partial charge in [0.2, 0.25) is 0 Å². The Balaban J connectivity index is 1.61. The van der Waals surface area contributed by atoms with Crippen molar-refractivity contribution in [3.8, 4) is 0 Å². The zero-order valence-electron chi connectivity index (χ0n) is 15.2. The number of rotatable bonds is 7. The fourth-order valence-corrected chi connectivity index (χ4v) is 3.50. The molecule has 2 atom stereocenters. The van der Waals surface area contributed by atoms with Crippen molar-refractivity contribution in [3.05, 3.63) is 57.8 Å². The van der Waals surface area contributed by atoms with Crippen LogP contribution in [0, 0.1) is 0 Å². The third-order valence-corrected chi connectivity index (χ3v) is 5.07. The lowest BCUT2D eigenvalue weighted by Gasteiger charge is -2.11. The molecule has 3 heterocycles. The molecule has 1 N–H and O–H groups in total. The van der Waals surface area contributed by atoms with Crippen molar-refractivity contribution in [1.29, 1.82) is 0 Å². The molecule has 25 heavy (non-hydrogen) atoms. The Kier molecular flexibility index (Phi) is 5.58. The summed E-state index contributed by atoms with van der Waals surface area (Å²) in [5.41, 5.74) is 7.30. The molecule has 0 saturated carbocycles. The smallest absolute Gasteiger partial charge is 0.0794 e. The van der Waals surface area contributed by atoms with Gasteiger partial charge in [-0.15, -0.1) is 11.3 Å². The Morgan fingerprint density at radius 2 is 1.72 bits per heavy atom. The molecule has 132 valence electrons. The topological polar surface area (TPSA) is 67.3 Å². The van der Waals surface area contributed by atoms with Gasteiger partial charge in [-0.05, 0) is 24.8 Å². The van der Waals surface area contributed by atoms with E-state index in [1.165, 1.54) is 0 Å². The number of aromatic amines is 1. The molecule has 0 aliphatic rings. The van der Waals surface area contributed by atoms with Gasteiger partial charge < -0.3 is 0 Å². The molecule has 0 aliphatic heterocycles. The molecule has 0 aromatic carbocycles. The van der Waals surface area contributed by atoms with Crippen LogP contribution < -0.4 is 0 Å². The van der Waals surface area contributed by atoms with E-state index in [4.69, 9.17) is 0 Å². The summed E-state index contributed by atoms with van der Waals surface area (Å²) in [6.07, 6.45) is 5.57. The number of nitrogens with one attached hydrogen (secondary N) is 1. The molecule has 5 nitrogen and oxygen atoms in total. The van der Waals surface area contributed by atoms with E-state index in [0.29, 0.717) is 17.8 Å². The van der Waals surface area contributed by atoms with E-state index in [1.807, 2.05) is 17.9 Å². The molecule has 0 aliphatic carbocycles. The fourth-order valence-electron chi connectivity index (χ4n) is 2.82. The van der Waals surface area contributed by atoms with Gasteiger partial charge in [0.05, 0.1) is 28.3 Å². The van der Waals surface area contributed by atoms with E-state index < -0.39 is 0 Å². The number of nitrogens with zero attached hydrogens (tertiary/aromatic N) is 4. The molecule has 0 amide bonds. The zero-order valence-corrected chi connectivity index (χ0v) is 16.0. The first-order valence-corrected chi connectivity index (χ1v) is 9.70. The lowest BCUT2D eigenvalue weighted by Crippen LogP contribution is -2.06. The van der Waals surface area contributed by atoms with E-state index in [0.717, 1.165) is 41.3 Å². The standard InChI is InChI=1S/C19H25N5S/c1-12(2)17-7-15(23-24-17)5-13(3)18-9-20-16(8-21-18)6-14(4)19-10-25-11-22-19/h7-14H,5-6H2,1-4H3,(H,23,24). The highest BCUT2D eigenvalue weighted by molar-refractivity contribution is 7.07. The minimum absolute atomic E-state index is 0.304. The number of thiazole rings is 1. The van der Waals surface area contributed by atoms with Crippen LogP contribution in [0.3, 0.4) is 0 Å². The van der Waals surface area contributed by atoms with Gasteiger partial charge in [-0.1, -0.05) is 27.7 Å². The van der Waals surface area contributed by atoms with Gasteiger partial charge in [-0.25, -0.2) is 4.98 Å². The average Bonchev–Trinajstić information content (AvgIpc) is 3.27. The van der Waals surface area contributed by atoms with Crippen molar-refractivity contribution in [2.45, 2.75) is 58.3 Å². The predicted octanol–water partition coefficient (Wildman–Crippen LogP) is 4.47. The van der Waals surface area contributed by atoms with Gasteiger partial charge in [0, 0.05) is 35.3 Å². The van der Waals surface area contributed by atoms with E-state index in [-0.39, 0.29) is 0 Å². The van der Waals surface area contributed by atoms with Crippen LogP contribution in [0.5, 0.6) is 0 Å². The minimum atomic E-state index is 0.304. The van der Waals surface area contributed by atoms with Gasteiger partial charge in [0.25, 0.3) is 0 Å². The molecule has 0 fully saturated rings. The van der Waals surface area contributed by atoms with E-state index in [2.05, 4.69) is 64.3 Å². The molecule has 2 unspecified atom stereocenters. The lowest BCUT2D eigenvalue weighted by molar-refractivity contribution is 0.687. The van der Waals surface area contributed by atoms with Crippen molar-refractivity contribution in [1.82, 2.24) is 25.1 Å². The molecule has 0 spiro atoms. The van der Waals surface area contributed by atoms with Crippen LogP contribution >= 0.6 is 11.3 Å². The summed E-state index contributed by atoms with van der Waals surface area (Å²) in [5.74, 6) is 1.11. The molecule has 0 bridgehead atoms. The van der Waals surface area contributed by atoms with Gasteiger partial charge in [-0.3, -0.25) is 15.1 Å². The first kappa shape index (κ1) is 17.7. The third-order valence-electron chi connectivity index (χ3n) is 4.47. The predicted molar refractivity (Wildman–Crippen MR) is 101 cm³/mol. The van der Waals surface area contributed by atoms with Gasteiger partial charge >= 0.3 is 0 Å². The summed E-state index contributed by atoms with van der Waals surface area (Å²) >= 11 is 1.63. The zero-order chi connectivity index (χ0) is 17.8. The van der Waals surface area contributed by atoms with Crippen LogP contribution in [0.15, 0.2) is 29.4 Å². The molecule has 0 radical (unpaired) electrons. The van der Waals surface area contributed by atoms with Crippen LogP contribution in [0.25, 0.3) is 0 Å². The second-order valence-electron chi connectivity index (χ2n) is 7.03. The van der Waals surface area contributed by atoms with Crippen molar-refractivity contribution < 1.29 is 0 Å². The molecule has 0 saturated heterocycles. The average molecular weight is 356 g/mol. The fraction of sp³-hybridized carbons (Fsp3) is 0.474.